The summed E-state index contributed by atoms with van der Waals surface area (Å²) in [5, 5.41) is 6.39. The van der Waals surface area contributed by atoms with Crippen molar-refractivity contribution >= 4 is 11.4 Å². The van der Waals surface area contributed by atoms with Crippen molar-refractivity contribution < 1.29 is 13.2 Å². The number of halogens is 3. The molecule has 180 valence electrons. The lowest BCUT2D eigenvalue weighted by atomic mass is 9.83. The Morgan fingerprint density at radius 1 is 0.909 bits per heavy atom. The number of hydrogen-bond donors (Lipinski definition) is 2. The number of likely N-dealkylation sites (tertiary alicyclic amines) is 1. The first-order chi connectivity index (χ1) is 16.0. The van der Waals surface area contributed by atoms with Gasteiger partial charge in [-0.3, -0.25) is 0 Å². The third-order valence-electron chi connectivity index (χ3n) is 7.03. The molecule has 1 saturated heterocycles. The fraction of sp³-hybridized carbons (Fsp3) is 0.556. The molecule has 0 aromatic heterocycles. The van der Waals surface area contributed by atoms with Gasteiger partial charge in [0.15, 0.2) is 0 Å². The largest absolute Gasteiger partial charge is 0.412 e. The van der Waals surface area contributed by atoms with Crippen LogP contribution in [0.25, 0.3) is 0 Å². The average Bonchev–Trinajstić information content (AvgIpc) is 3.35. The molecule has 3 nitrogen and oxygen atoms in total. The Morgan fingerprint density at radius 2 is 1.64 bits per heavy atom. The van der Waals surface area contributed by atoms with Crippen molar-refractivity contribution in [3.8, 4) is 0 Å². The van der Waals surface area contributed by atoms with Crippen LogP contribution in [-0.2, 0) is 0 Å². The van der Waals surface area contributed by atoms with E-state index in [2.05, 4.69) is 15.5 Å². The van der Waals surface area contributed by atoms with Crippen LogP contribution in [0.4, 0.5) is 24.5 Å². The van der Waals surface area contributed by atoms with E-state index < -0.39 is 12.2 Å². The molecule has 1 aliphatic carbocycles. The molecule has 33 heavy (non-hydrogen) atoms. The number of nitrogens with one attached hydrogen (secondary N) is 2. The highest BCUT2D eigenvalue weighted by Crippen LogP contribution is 2.40. The van der Waals surface area contributed by atoms with Crippen LogP contribution in [0, 0.1) is 0 Å². The molecule has 1 unspecified atom stereocenters. The lowest BCUT2D eigenvalue weighted by Gasteiger charge is -2.27. The predicted molar refractivity (Wildman–Crippen MR) is 130 cm³/mol. The normalized spacial score (nSPS) is 18.9. The highest BCUT2D eigenvalue weighted by Gasteiger charge is 2.41. The molecule has 0 bridgehead atoms. The van der Waals surface area contributed by atoms with Crippen LogP contribution in [0.5, 0.6) is 0 Å². The van der Waals surface area contributed by atoms with E-state index in [-0.39, 0.29) is 5.56 Å². The zero-order valence-electron chi connectivity index (χ0n) is 19.3. The quantitative estimate of drug-likeness (QED) is 0.384. The second-order valence-electron chi connectivity index (χ2n) is 9.50. The molecule has 2 fully saturated rings. The number of hydrogen-bond acceptors (Lipinski definition) is 3. The van der Waals surface area contributed by atoms with Gasteiger partial charge in [0, 0.05) is 17.9 Å². The molecule has 1 atom stereocenters. The molecule has 4 rings (SSSR count). The van der Waals surface area contributed by atoms with Gasteiger partial charge in [-0.15, -0.1) is 0 Å². The molecular weight excluding hydrogens is 423 g/mol. The van der Waals surface area contributed by atoms with Gasteiger partial charge >= 0.3 is 6.18 Å². The van der Waals surface area contributed by atoms with Crippen LogP contribution in [0.15, 0.2) is 48.5 Å². The molecule has 6 heteroatoms. The van der Waals surface area contributed by atoms with Crippen LogP contribution < -0.4 is 10.6 Å². The minimum atomic E-state index is -4.38. The van der Waals surface area contributed by atoms with E-state index >= 15 is 0 Å². The number of anilines is 2. The van der Waals surface area contributed by atoms with Gasteiger partial charge in [0.1, 0.15) is 6.04 Å². The van der Waals surface area contributed by atoms with Gasteiger partial charge < -0.3 is 15.5 Å². The Bertz CT molecular complexity index is 857. The summed E-state index contributed by atoms with van der Waals surface area (Å²) in [6.45, 7) is 4.40. The monoisotopic (exact) mass is 459 g/mol. The standard InChI is InChI=1S/C27H36F3N3/c28-27(29,30)26(22-12-5-2-6-13-22)32-23-14-15-25(24(20-23)21-10-3-1-4-11-21)31-16-9-19-33-17-7-8-18-33/h2,5-6,12-15,20-21,26,31-32H,1,3-4,7-11,16-19H2. The summed E-state index contributed by atoms with van der Waals surface area (Å²) in [7, 11) is 0. The Morgan fingerprint density at radius 3 is 2.33 bits per heavy atom. The average molecular weight is 460 g/mol. The number of rotatable bonds is 9. The highest BCUT2D eigenvalue weighted by molar-refractivity contribution is 5.61. The molecule has 1 aliphatic heterocycles. The lowest BCUT2D eigenvalue weighted by Crippen LogP contribution is -2.28. The van der Waals surface area contributed by atoms with E-state index in [1.807, 2.05) is 12.1 Å². The first-order valence-corrected chi connectivity index (χ1v) is 12.5. The molecule has 2 aromatic rings. The van der Waals surface area contributed by atoms with E-state index in [9.17, 15) is 13.2 Å². The van der Waals surface area contributed by atoms with Crippen LogP contribution >= 0.6 is 0 Å². The second-order valence-corrected chi connectivity index (χ2v) is 9.50. The zero-order chi connectivity index (χ0) is 23.1. The Labute approximate surface area is 195 Å². The van der Waals surface area contributed by atoms with Gasteiger partial charge in [0.2, 0.25) is 0 Å². The van der Waals surface area contributed by atoms with Crippen LogP contribution in [-0.4, -0.2) is 37.3 Å². The van der Waals surface area contributed by atoms with Gasteiger partial charge in [-0.2, -0.15) is 13.2 Å². The number of benzene rings is 2. The van der Waals surface area contributed by atoms with Gasteiger partial charge in [0.25, 0.3) is 0 Å². The summed E-state index contributed by atoms with van der Waals surface area (Å²) >= 11 is 0. The maximum Gasteiger partial charge on any atom is 0.412 e. The summed E-state index contributed by atoms with van der Waals surface area (Å²) in [5.74, 6) is 0.405. The zero-order valence-corrected chi connectivity index (χ0v) is 19.3. The summed E-state index contributed by atoms with van der Waals surface area (Å²) in [5.41, 5.74) is 3.00. The summed E-state index contributed by atoms with van der Waals surface area (Å²) in [6, 6.07) is 12.1. The lowest BCUT2D eigenvalue weighted by molar-refractivity contribution is -0.144. The van der Waals surface area contributed by atoms with Crippen LogP contribution in [0.2, 0.25) is 0 Å². The SMILES string of the molecule is FC(F)(F)C(Nc1ccc(NCCCN2CCCC2)c(C2CCCCC2)c1)c1ccccc1. The fourth-order valence-electron chi connectivity index (χ4n) is 5.26. The van der Waals surface area contributed by atoms with Gasteiger partial charge in [-0.05, 0) is 87.0 Å². The van der Waals surface area contributed by atoms with Crippen molar-refractivity contribution in [3.05, 3.63) is 59.7 Å². The van der Waals surface area contributed by atoms with E-state index in [4.69, 9.17) is 0 Å². The van der Waals surface area contributed by atoms with E-state index in [0.29, 0.717) is 11.6 Å². The first kappa shape index (κ1) is 23.9. The van der Waals surface area contributed by atoms with Crippen molar-refractivity contribution in [1.82, 2.24) is 4.90 Å². The maximum atomic E-state index is 13.9. The molecule has 0 amide bonds. The van der Waals surface area contributed by atoms with Gasteiger partial charge in [-0.1, -0.05) is 49.6 Å². The Hall–Kier alpha value is -2.21. The van der Waals surface area contributed by atoms with Crippen molar-refractivity contribution in [2.24, 2.45) is 0 Å². The molecule has 2 aliphatic rings. The maximum absolute atomic E-state index is 13.9. The molecule has 2 N–H and O–H groups in total. The fourth-order valence-corrected chi connectivity index (χ4v) is 5.26. The highest BCUT2D eigenvalue weighted by atomic mass is 19.4. The van der Waals surface area contributed by atoms with Crippen molar-refractivity contribution in [2.45, 2.75) is 69.5 Å². The van der Waals surface area contributed by atoms with Gasteiger partial charge in [0.05, 0.1) is 0 Å². The third kappa shape index (κ3) is 6.66. The number of nitrogens with zero attached hydrogens (tertiary/aromatic N) is 1. The van der Waals surface area contributed by atoms with Crippen LogP contribution in [0.3, 0.4) is 0 Å². The molecule has 1 heterocycles. The molecular formula is C27H36F3N3. The van der Waals surface area contributed by atoms with Crippen molar-refractivity contribution in [2.75, 3.05) is 36.8 Å². The number of alkyl halides is 3. The summed E-state index contributed by atoms with van der Waals surface area (Å²) in [6.07, 6.45) is 5.13. The minimum Gasteiger partial charge on any atom is -0.385 e. The molecule has 0 spiro atoms. The second kappa shape index (κ2) is 11.3. The molecule has 0 radical (unpaired) electrons. The van der Waals surface area contributed by atoms with E-state index in [1.165, 1.54) is 57.3 Å². The summed E-state index contributed by atoms with van der Waals surface area (Å²) < 4.78 is 41.6. The van der Waals surface area contributed by atoms with E-state index in [1.54, 1.807) is 24.3 Å². The van der Waals surface area contributed by atoms with Crippen LogP contribution in [0.1, 0.15) is 74.5 Å². The first-order valence-electron chi connectivity index (χ1n) is 12.5. The van der Waals surface area contributed by atoms with Crippen molar-refractivity contribution in [3.63, 3.8) is 0 Å². The predicted octanol–water partition coefficient (Wildman–Crippen LogP) is 7.35. The van der Waals surface area contributed by atoms with E-state index in [0.717, 1.165) is 43.6 Å². The summed E-state index contributed by atoms with van der Waals surface area (Å²) in [4.78, 5) is 2.51. The molecule has 1 saturated carbocycles. The topological polar surface area (TPSA) is 27.3 Å². The third-order valence-corrected chi connectivity index (χ3v) is 7.03. The minimum absolute atomic E-state index is 0.230. The Kier molecular flexibility index (Phi) is 8.18. The van der Waals surface area contributed by atoms with Gasteiger partial charge in [-0.25, -0.2) is 0 Å². The molecule has 2 aromatic carbocycles. The van der Waals surface area contributed by atoms with Crippen molar-refractivity contribution in [1.29, 1.82) is 0 Å². The smallest absolute Gasteiger partial charge is 0.385 e. The Balaban J connectivity index is 1.49.